The first-order valence-electron chi connectivity index (χ1n) is 23.2. The lowest BCUT2D eigenvalue weighted by Crippen LogP contribution is -2.19. The van der Waals surface area contributed by atoms with Crippen molar-refractivity contribution >= 4 is 81.5 Å². The summed E-state index contributed by atoms with van der Waals surface area (Å²) in [5.74, 6) is -3.90. The van der Waals surface area contributed by atoms with Gasteiger partial charge in [-0.25, -0.2) is 31.4 Å². The van der Waals surface area contributed by atoms with Gasteiger partial charge in [0.2, 0.25) is 0 Å². The van der Waals surface area contributed by atoms with E-state index in [1.165, 1.54) is 39.8 Å². The maximum absolute atomic E-state index is 14.1. The van der Waals surface area contributed by atoms with Crippen molar-refractivity contribution in [1.29, 1.82) is 0 Å². The number of rotatable bonds is 13. The monoisotopic (exact) mass is 1090 g/mol. The number of hydrogen-bond acceptors (Lipinski definition) is 13. The number of aromatic hydroxyl groups is 2. The van der Waals surface area contributed by atoms with Gasteiger partial charge in [0.1, 0.15) is 38.9 Å². The molecule has 8 rings (SSSR count). The third kappa shape index (κ3) is 9.68. The van der Waals surface area contributed by atoms with Gasteiger partial charge in [0.05, 0.1) is 32.2 Å². The van der Waals surface area contributed by atoms with Crippen LogP contribution in [0.4, 0.5) is 28.4 Å². The fourth-order valence-electron chi connectivity index (χ4n) is 10.2. The van der Waals surface area contributed by atoms with Crippen LogP contribution >= 0.6 is 0 Å². The Morgan fingerprint density at radius 3 is 1.59 bits per heavy atom. The van der Waals surface area contributed by atoms with Gasteiger partial charge < -0.3 is 30.2 Å². The Morgan fingerprint density at radius 2 is 1.05 bits per heavy atom. The summed E-state index contributed by atoms with van der Waals surface area (Å²) >= 11 is 0. The average molecular weight is 1090 g/mol. The van der Waals surface area contributed by atoms with Crippen molar-refractivity contribution in [2.45, 2.75) is 83.9 Å². The zero-order valence-corrected chi connectivity index (χ0v) is 45.1. The molecule has 0 unspecified atom stereocenters. The van der Waals surface area contributed by atoms with E-state index >= 15 is 0 Å². The Balaban J connectivity index is 1.26. The standard InChI is InChI=1S/C55H52N4O14S3/c1-25-19-27(3)50(58-74(66,67)52-29(5)21-40(60)45(31(52)7)54(62)63)33(9)48(25)56-35-15-17-37-42(23-35)73-43-24-36(16-18-38(43)47(37)39-13-11-12-14-44(39)76(70,71)72)57-49-26(2)20-28(4)51(34(49)10)59-75(68,69)53-30(6)22-41(61)46(32(53)8)55(64)65/h11-24,56,58-61H,1-10H3,(H,62,63)(H,64,65)(H,70,71,72). The minimum atomic E-state index is -4.77. The summed E-state index contributed by atoms with van der Waals surface area (Å²) in [5.41, 5.74) is 5.30. The summed E-state index contributed by atoms with van der Waals surface area (Å²) in [4.78, 5) is 28.0. The lowest BCUT2D eigenvalue weighted by Gasteiger charge is -2.22. The van der Waals surface area contributed by atoms with Gasteiger partial charge in [0.25, 0.3) is 30.2 Å². The zero-order chi connectivity index (χ0) is 55.8. The van der Waals surface area contributed by atoms with Gasteiger partial charge in [-0.1, -0.05) is 30.3 Å². The Bertz CT molecular complexity index is 4240. The van der Waals surface area contributed by atoms with Crippen molar-refractivity contribution in [1.82, 2.24) is 0 Å². The van der Waals surface area contributed by atoms with E-state index in [9.17, 15) is 59.8 Å². The highest BCUT2D eigenvalue weighted by Crippen LogP contribution is 2.45. The molecular formula is C55H52N4O14S3. The molecule has 0 fully saturated rings. The molecule has 0 atom stereocenters. The smallest absolute Gasteiger partial charge is 0.339 e. The second kappa shape index (κ2) is 19.5. The molecule has 0 aromatic heterocycles. The predicted molar refractivity (Wildman–Crippen MR) is 289 cm³/mol. The molecule has 6 aromatic rings. The number of nitrogens with one attached hydrogen (secondary N) is 3. The van der Waals surface area contributed by atoms with Gasteiger partial charge in [-0.3, -0.25) is 14.0 Å². The molecule has 21 heteroatoms. The predicted octanol–water partition coefficient (Wildman–Crippen LogP) is 10.9. The Morgan fingerprint density at radius 1 is 0.539 bits per heavy atom. The van der Waals surface area contributed by atoms with Crippen molar-refractivity contribution in [2.24, 2.45) is 4.99 Å². The van der Waals surface area contributed by atoms with Crippen LogP contribution in [-0.4, -0.2) is 62.2 Å². The second-order valence-corrected chi connectivity index (χ2v) is 23.4. The molecule has 0 bridgehead atoms. The van der Waals surface area contributed by atoms with Crippen molar-refractivity contribution < 1.29 is 64.2 Å². The summed E-state index contributed by atoms with van der Waals surface area (Å²) < 4.78 is 105. The van der Waals surface area contributed by atoms with Gasteiger partial charge in [-0.15, -0.1) is 0 Å². The van der Waals surface area contributed by atoms with Crippen LogP contribution in [0.1, 0.15) is 76.4 Å². The number of fused-ring (bicyclic) bond motifs is 2. The zero-order valence-electron chi connectivity index (χ0n) is 42.7. The van der Waals surface area contributed by atoms with E-state index in [1.807, 2.05) is 6.92 Å². The number of hydrogen-bond donors (Lipinski definition) is 8. The lowest BCUT2D eigenvalue weighted by molar-refractivity contribution is 0.0681. The molecule has 1 aliphatic heterocycles. The number of aryl methyl sites for hydroxylation is 6. The maximum Gasteiger partial charge on any atom is 0.339 e. The molecule has 8 N–H and O–H groups in total. The number of carboxylic acid groups (broad SMARTS) is 2. The molecule has 0 saturated heterocycles. The third-order valence-corrected chi connectivity index (χ3v) is 17.5. The normalized spacial score (nSPS) is 12.3. The third-order valence-electron chi connectivity index (χ3n) is 13.4. The SMILES string of the molecule is Cc1cc(C)c(NS(=O)(=O)c2c(C)cc(O)c(C(=O)O)c2C)c(C)c1N=c1ccc2c(-c3ccccc3S(=O)(=O)O)c3ccc(Nc4c(C)cc(C)c(NS(=O)(=O)c5c(C)cc(O)c(C(=O)O)c5C)c4C)cc3oc-2c1. The van der Waals surface area contributed by atoms with E-state index in [0.29, 0.717) is 66.7 Å². The molecule has 18 nitrogen and oxygen atoms in total. The van der Waals surface area contributed by atoms with Crippen LogP contribution in [-0.2, 0) is 30.2 Å². The van der Waals surface area contributed by atoms with E-state index in [4.69, 9.17) is 9.41 Å². The van der Waals surface area contributed by atoms with E-state index in [2.05, 4.69) is 14.8 Å². The number of nitrogens with zero attached hydrogens (tertiary/aromatic N) is 1. The molecule has 1 heterocycles. The number of benzene rings is 7. The van der Waals surface area contributed by atoms with E-state index < -0.39 is 64.7 Å². The molecule has 0 amide bonds. The Kier molecular flexibility index (Phi) is 13.8. The number of carbonyl (C=O) groups is 2. The van der Waals surface area contributed by atoms with Crippen LogP contribution in [0.2, 0.25) is 0 Å². The van der Waals surface area contributed by atoms with Crippen LogP contribution in [0.5, 0.6) is 11.5 Å². The van der Waals surface area contributed by atoms with E-state index in [1.54, 1.807) is 95.3 Å². The van der Waals surface area contributed by atoms with Gasteiger partial charge in [0.15, 0.2) is 0 Å². The molecular weight excluding hydrogens is 1040 g/mol. The van der Waals surface area contributed by atoms with Crippen molar-refractivity contribution in [3.05, 3.63) is 157 Å². The molecule has 0 spiro atoms. The highest BCUT2D eigenvalue weighted by Gasteiger charge is 2.31. The number of carboxylic acids is 2. The molecule has 6 aromatic carbocycles. The lowest BCUT2D eigenvalue weighted by atomic mass is 9.93. The fraction of sp³-hybridized carbons (Fsp3) is 0.182. The highest BCUT2D eigenvalue weighted by atomic mass is 32.2. The molecule has 394 valence electrons. The van der Waals surface area contributed by atoms with Crippen molar-refractivity contribution in [3.63, 3.8) is 0 Å². The number of phenols is 2. The first kappa shape index (κ1) is 54.0. The van der Waals surface area contributed by atoms with Crippen molar-refractivity contribution in [2.75, 3.05) is 14.8 Å². The number of sulfonamides is 2. The van der Waals surface area contributed by atoms with Crippen LogP contribution in [0.25, 0.3) is 33.4 Å². The largest absolute Gasteiger partial charge is 0.507 e. The summed E-state index contributed by atoms with van der Waals surface area (Å²) in [6.45, 7) is 15.9. The summed E-state index contributed by atoms with van der Waals surface area (Å²) in [6.07, 6.45) is 0. The average Bonchev–Trinajstić information content (AvgIpc) is 3.30. The fourth-order valence-corrected chi connectivity index (χ4v) is 14.2. The number of aromatic carboxylic acids is 2. The Hall–Kier alpha value is -8.24. The molecule has 2 aliphatic rings. The van der Waals surface area contributed by atoms with E-state index in [0.717, 1.165) is 17.7 Å². The van der Waals surface area contributed by atoms with Crippen LogP contribution in [0, 0.1) is 69.2 Å². The number of anilines is 4. The van der Waals surface area contributed by atoms with Gasteiger partial charge in [-0.2, -0.15) is 8.42 Å². The molecule has 0 radical (unpaired) electrons. The second-order valence-electron chi connectivity index (χ2n) is 18.7. The van der Waals surface area contributed by atoms with Gasteiger partial charge in [-0.05, 0) is 167 Å². The van der Waals surface area contributed by atoms with Crippen LogP contribution < -0.4 is 20.1 Å². The highest BCUT2D eigenvalue weighted by molar-refractivity contribution is 7.93. The summed E-state index contributed by atoms with van der Waals surface area (Å²) in [6, 6.07) is 21.7. The van der Waals surface area contributed by atoms with Crippen molar-refractivity contribution in [3.8, 4) is 33.9 Å². The maximum atomic E-state index is 14.1. The Labute approximate surface area is 438 Å². The molecule has 76 heavy (non-hydrogen) atoms. The first-order valence-corrected chi connectivity index (χ1v) is 27.6. The quantitative estimate of drug-likeness (QED) is 0.0393. The van der Waals surface area contributed by atoms with Gasteiger partial charge >= 0.3 is 11.9 Å². The van der Waals surface area contributed by atoms with Crippen LogP contribution in [0.3, 0.4) is 0 Å². The summed E-state index contributed by atoms with van der Waals surface area (Å²) in [5, 5.41) is 44.4. The molecule has 1 aliphatic carbocycles. The topological polar surface area (TPSA) is 299 Å². The minimum Gasteiger partial charge on any atom is -0.507 e. The van der Waals surface area contributed by atoms with Gasteiger partial charge in [0, 0.05) is 45.6 Å². The van der Waals surface area contributed by atoms with E-state index in [-0.39, 0.29) is 65.2 Å². The summed E-state index contributed by atoms with van der Waals surface area (Å²) in [7, 11) is -13.7. The minimum absolute atomic E-state index is 0.127. The first-order chi connectivity index (χ1) is 35.4. The molecule has 0 saturated carbocycles. The van der Waals surface area contributed by atoms with Crippen LogP contribution in [0.15, 0.2) is 109 Å².